The number of H-pyrrole nitrogens is 1. The Labute approximate surface area is 217 Å². The molecule has 0 saturated carbocycles. The minimum atomic E-state index is -5.16. The molecule has 18 heteroatoms. The van der Waals surface area contributed by atoms with Crippen LogP contribution in [0.4, 0.5) is 22.7 Å². The van der Waals surface area contributed by atoms with E-state index in [0.29, 0.717) is 12.1 Å². The van der Waals surface area contributed by atoms with Crippen molar-refractivity contribution < 1.29 is 62.2 Å². The van der Waals surface area contributed by atoms with Crippen LogP contribution >= 0.6 is 0 Å². The number of hydrogen-bond donors (Lipinski definition) is 2. The monoisotopic (exact) mass is 516 g/mol. The fraction of sp³-hybridized carbons (Fsp3) is 0.118. The van der Waals surface area contributed by atoms with Gasteiger partial charge >= 0.3 is 35.2 Å². The first kappa shape index (κ1) is 27.6. The molecule has 0 bridgehead atoms. The number of phenolic OH excluding ortho intramolecular Hbond substituents is 1. The molecule has 0 fully saturated rings. The molecule has 0 radical (unpaired) electrons. The number of hydrogen-bond acceptors (Lipinski definition) is 12. The van der Waals surface area contributed by atoms with Gasteiger partial charge in [-0.25, -0.2) is 13.1 Å². The van der Waals surface area contributed by atoms with Crippen LogP contribution < -0.4 is 39.9 Å². The van der Waals surface area contributed by atoms with E-state index in [1.54, 1.807) is 0 Å². The Bertz CT molecular complexity index is 1530. The molecule has 0 aliphatic heterocycles. The van der Waals surface area contributed by atoms with Gasteiger partial charge in [-0.05, 0) is 19.1 Å². The van der Waals surface area contributed by atoms with Crippen molar-refractivity contribution in [2.75, 3.05) is 7.11 Å². The first-order valence-corrected chi connectivity index (χ1v) is 10.3. The van der Waals surface area contributed by atoms with Crippen LogP contribution in [0.25, 0.3) is 5.69 Å². The fourth-order valence-electron chi connectivity index (χ4n) is 2.83. The molecule has 35 heavy (non-hydrogen) atoms. The Morgan fingerprint density at radius 2 is 1.77 bits per heavy atom. The van der Waals surface area contributed by atoms with Gasteiger partial charge in [0.2, 0.25) is 5.75 Å². The molecule has 0 unspecified atom stereocenters. The number of benzene rings is 2. The smallest absolute Gasteiger partial charge is 0.744 e. The third kappa shape index (κ3) is 5.54. The Morgan fingerprint density at radius 3 is 2.31 bits per heavy atom. The zero-order chi connectivity index (χ0) is 25.4. The summed E-state index contributed by atoms with van der Waals surface area (Å²) in [5.74, 6) is -0.992. The van der Waals surface area contributed by atoms with E-state index in [1.165, 1.54) is 20.1 Å². The molecule has 178 valence electrons. The van der Waals surface area contributed by atoms with Crippen molar-refractivity contribution in [3.8, 4) is 17.2 Å². The number of aryl methyl sites for hydroxylation is 1. The van der Waals surface area contributed by atoms with Gasteiger partial charge in [-0.3, -0.25) is 30.1 Å². The molecule has 0 saturated heterocycles. The van der Waals surface area contributed by atoms with Gasteiger partial charge in [0.15, 0.2) is 5.69 Å². The standard InChI is InChI=1S/C17H14N6O10S.Na/c1-8-15(17(25)21(20-8)12-5-9(22(26)27)3-4-14(12)33-2)19-18-11-6-10(34(30,31)32)7-13(16(11)24)23(28)29;/h3-7,20,24H,1-2H3,(H,30,31,32);/q;+1/p-1. The van der Waals surface area contributed by atoms with Crippen LogP contribution in [0.15, 0.2) is 50.3 Å². The van der Waals surface area contributed by atoms with Gasteiger partial charge < -0.3 is 14.4 Å². The third-order valence-corrected chi connectivity index (χ3v) is 5.25. The van der Waals surface area contributed by atoms with Crippen LogP contribution in [-0.4, -0.2) is 44.8 Å². The first-order valence-electron chi connectivity index (χ1n) is 8.88. The summed E-state index contributed by atoms with van der Waals surface area (Å²) in [6.45, 7) is 1.39. The first-order chi connectivity index (χ1) is 15.8. The number of ether oxygens (including phenoxy) is 1. The normalized spacial score (nSPS) is 11.3. The van der Waals surface area contributed by atoms with Crippen LogP contribution in [-0.2, 0) is 10.1 Å². The van der Waals surface area contributed by atoms with E-state index in [0.717, 1.165) is 16.8 Å². The van der Waals surface area contributed by atoms with E-state index >= 15 is 0 Å². The van der Waals surface area contributed by atoms with E-state index < -0.39 is 47.5 Å². The second-order valence-electron chi connectivity index (χ2n) is 6.56. The minimum Gasteiger partial charge on any atom is -0.744 e. The summed E-state index contributed by atoms with van der Waals surface area (Å²) in [5, 5.41) is 42.0. The molecule has 0 spiro atoms. The van der Waals surface area contributed by atoms with Crippen molar-refractivity contribution in [2.45, 2.75) is 11.8 Å². The number of methoxy groups -OCH3 is 1. The Morgan fingerprint density at radius 1 is 1.11 bits per heavy atom. The van der Waals surface area contributed by atoms with Crippen molar-refractivity contribution in [2.24, 2.45) is 10.2 Å². The summed E-state index contributed by atoms with van der Waals surface area (Å²) in [7, 11) is -3.88. The van der Waals surface area contributed by atoms with Crippen molar-refractivity contribution in [1.29, 1.82) is 0 Å². The molecule has 3 rings (SSSR count). The van der Waals surface area contributed by atoms with E-state index in [-0.39, 0.29) is 58.1 Å². The maximum atomic E-state index is 12.9. The van der Waals surface area contributed by atoms with Crippen LogP contribution in [0.2, 0.25) is 0 Å². The SMILES string of the molecule is COc1ccc([N+](=O)[O-])cc1-n1[nH]c(C)c(N=Nc2cc(S(=O)(=O)[O-])cc([N+](=O)[O-])c2O)c1=O.[Na+]. The van der Waals surface area contributed by atoms with E-state index in [1.807, 2.05) is 0 Å². The van der Waals surface area contributed by atoms with Gasteiger partial charge in [0.25, 0.3) is 11.2 Å². The predicted octanol–water partition coefficient (Wildman–Crippen LogP) is -0.672. The number of phenols is 1. The van der Waals surface area contributed by atoms with Crippen molar-refractivity contribution in [3.63, 3.8) is 0 Å². The summed E-state index contributed by atoms with van der Waals surface area (Å²) in [5.41, 5.74) is -3.43. The Kier molecular flexibility index (Phi) is 8.14. The van der Waals surface area contributed by atoms with Crippen molar-refractivity contribution in [1.82, 2.24) is 9.78 Å². The zero-order valence-corrected chi connectivity index (χ0v) is 21.0. The number of aromatic hydroxyl groups is 1. The maximum absolute atomic E-state index is 12.9. The number of nitro groups is 2. The molecule has 16 nitrogen and oxygen atoms in total. The molecular formula is C17H13N6NaO10S. The number of non-ortho nitro benzene ring substituents is 1. The number of aromatic nitrogens is 2. The van der Waals surface area contributed by atoms with Crippen LogP contribution in [0.1, 0.15) is 5.69 Å². The number of rotatable bonds is 7. The number of nitrogens with zero attached hydrogens (tertiary/aromatic N) is 5. The van der Waals surface area contributed by atoms with Gasteiger partial charge in [0.05, 0.1) is 27.5 Å². The zero-order valence-electron chi connectivity index (χ0n) is 18.2. The molecule has 0 atom stereocenters. The molecule has 0 amide bonds. The molecule has 1 aromatic heterocycles. The van der Waals surface area contributed by atoms with Gasteiger partial charge in [-0.15, -0.1) is 10.2 Å². The molecule has 0 aliphatic rings. The number of azo groups is 1. The van der Waals surface area contributed by atoms with Crippen LogP contribution in [0, 0.1) is 27.2 Å². The number of nitrogens with one attached hydrogen (secondary N) is 1. The Balaban J connectivity index is 0.00000432. The maximum Gasteiger partial charge on any atom is 1.00 e. The van der Waals surface area contributed by atoms with Gasteiger partial charge in [-0.2, -0.15) is 0 Å². The summed E-state index contributed by atoms with van der Waals surface area (Å²) < 4.78 is 39.9. The molecule has 2 N–H and O–H groups in total. The topological polar surface area (TPSA) is 235 Å². The predicted molar refractivity (Wildman–Crippen MR) is 111 cm³/mol. The molecule has 2 aromatic carbocycles. The average molecular weight is 516 g/mol. The summed E-state index contributed by atoms with van der Waals surface area (Å²) in [6.07, 6.45) is 0. The molecule has 1 heterocycles. The quantitative estimate of drug-likeness (QED) is 0.132. The van der Waals surface area contributed by atoms with E-state index in [2.05, 4.69) is 15.3 Å². The van der Waals surface area contributed by atoms with Crippen LogP contribution in [0.3, 0.4) is 0 Å². The number of nitro benzene ring substituents is 2. The molecular weight excluding hydrogens is 503 g/mol. The summed E-state index contributed by atoms with van der Waals surface area (Å²) in [6, 6.07) is 4.41. The van der Waals surface area contributed by atoms with Crippen molar-refractivity contribution >= 4 is 32.9 Å². The summed E-state index contributed by atoms with van der Waals surface area (Å²) in [4.78, 5) is 32.2. The minimum absolute atomic E-state index is 0. The largest absolute Gasteiger partial charge is 1.00 e. The molecule has 0 aliphatic carbocycles. The van der Waals surface area contributed by atoms with Gasteiger partial charge in [0.1, 0.15) is 27.2 Å². The number of aromatic amines is 1. The molecule has 3 aromatic rings. The second-order valence-corrected chi connectivity index (χ2v) is 7.94. The van der Waals surface area contributed by atoms with Crippen molar-refractivity contribution in [3.05, 3.63) is 66.6 Å². The van der Waals surface area contributed by atoms with Crippen LogP contribution in [0.5, 0.6) is 11.5 Å². The van der Waals surface area contributed by atoms with E-state index in [9.17, 15) is 43.1 Å². The van der Waals surface area contributed by atoms with E-state index in [4.69, 9.17) is 4.74 Å². The van der Waals surface area contributed by atoms with Gasteiger partial charge in [0, 0.05) is 18.2 Å². The third-order valence-electron chi connectivity index (χ3n) is 4.44. The second kappa shape index (κ2) is 10.3. The summed E-state index contributed by atoms with van der Waals surface area (Å²) >= 11 is 0. The Hall–Kier alpha value is -3.64. The van der Waals surface area contributed by atoms with Gasteiger partial charge in [-0.1, -0.05) is 0 Å². The fourth-order valence-corrected chi connectivity index (χ4v) is 3.35. The average Bonchev–Trinajstić information content (AvgIpc) is 3.04.